The molecule has 0 aliphatic heterocycles. The second kappa shape index (κ2) is 7.78. The Bertz CT molecular complexity index is 1140. The minimum Gasteiger partial charge on any atom is -0.350 e. The van der Waals surface area contributed by atoms with Crippen LogP contribution < -0.4 is 5.32 Å². The van der Waals surface area contributed by atoms with Gasteiger partial charge in [0.05, 0.1) is 5.02 Å². The molecule has 5 nitrogen and oxygen atoms in total. The third-order valence-corrected chi connectivity index (χ3v) is 4.78. The molecular formula is C21H16ClFN4O. The van der Waals surface area contributed by atoms with Gasteiger partial charge in [-0.25, -0.2) is 4.39 Å². The van der Waals surface area contributed by atoms with Crippen LogP contribution in [0, 0.1) is 5.82 Å². The molecule has 0 saturated carbocycles. The molecule has 28 heavy (non-hydrogen) atoms. The van der Waals surface area contributed by atoms with E-state index in [0.29, 0.717) is 23.7 Å². The molecule has 1 aromatic heterocycles. The molecule has 1 N–H and O–H groups in total. The molecule has 4 rings (SSSR count). The largest absolute Gasteiger partial charge is 0.350 e. The molecule has 0 saturated heterocycles. The lowest BCUT2D eigenvalue weighted by Gasteiger charge is -2.09. The van der Waals surface area contributed by atoms with Crippen molar-refractivity contribution in [2.75, 3.05) is 6.54 Å². The van der Waals surface area contributed by atoms with Crippen LogP contribution in [0.25, 0.3) is 21.9 Å². The molecule has 1 heterocycles. The lowest BCUT2D eigenvalue weighted by molar-refractivity contribution is 0.0952. The van der Waals surface area contributed by atoms with Crippen LogP contribution in [0.4, 0.5) is 4.39 Å². The van der Waals surface area contributed by atoms with E-state index in [1.165, 1.54) is 12.1 Å². The molecule has 4 aromatic rings. The Morgan fingerprint density at radius 2 is 1.75 bits per heavy atom. The van der Waals surface area contributed by atoms with Crippen LogP contribution >= 0.6 is 11.6 Å². The van der Waals surface area contributed by atoms with Gasteiger partial charge in [0.1, 0.15) is 18.5 Å². The number of carbonyl (C=O) groups excluding carboxylic acids is 1. The highest BCUT2D eigenvalue weighted by Gasteiger charge is 2.09. The molecule has 0 aliphatic carbocycles. The standard InChI is InChI=1S/C21H16ClFN4O/c22-20-11-18(23)5-6-19(20)16-3-1-15-10-17(4-2-14(15)9-16)21(28)24-7-8-27-12-25-26-13-27/h1-6,9-13H,7-8H2,(H,24,28). The zero-order valence-electron chi connectivity index (χ0n) is 14.8. The van der Waals surface area contributed by atoms with Crippen LogP contribution in [0.1, 0.15) is 10.4 Å². The van der Waals surface area contributed by atoms with Crippen molar-refractivity contribution < 1.29 is 9.18 Å². The van der Waals surface area contributed by atoms with Crippen molar-refractivity contribution in [2.45, 2.75) is 6.54 Å². The van der Waals surface area contributed by atoms with E-state index in [0.717, 1.165) is 21.9 Å². The van der Waals surface area contributed by atoms with E-state index in [-0.39, 0.29) is 11.7 Å². The van der Waals surface area contributed by atoms with Crippen LogP contribution in [0.15, 0.2) is 67.3 Å². The van der Waals surface area contributed by atoms with E-state index in [1.54, 1.807) is 29.4 Å². The Balaban J connectivity index is 1.52. The first-order valence-electron chi connectivity index (χ1n) is 8.70. The number of halogens is 2. The molecule has 0 bridgehead atoms. The number of hydrogen-bond acceptors (Lipinski definition) is 3. The summed E-state index contributed by atoms with van der Waals surface area (Å²) in [5, 5.41) is 12.6. The maximum absolute atomic E-state index is 13.3. The molecule has 0 radical (unpaired) electrons. The van der Waals surface area contributed by atoms with E-state index >= 15 is 0 Å². The van der Waals surface area contributed by atoms with Gasteiger partial charge in [0.2, 0.25) is 0 Å². The van der Waals surface area contributed by atoms with Crippen molar-refractivity contribution >= 4 is 28.3 Å². The molecule has 3 aromatic carbocycles. The Kier molecular flexibility index (Phi) is 5.04. The summed E-state index contributed by atoms with van der Waals surface area (Å²) in [5.74, 6) is -0.505. The number of rotatable bonds is 5. The third-order valence-electron chi connectivity index (χ3n) is 4.47. The average Bonchev–Trinajstić information content (AvgIpc) is 3.20. The summed E-state index contributed by atoms with van der Waals surface area (Å²) in [6.07, 6.45) is 3.21. The van der Waals surface area contributed by atoms with Crippen molar-refractivity contribution in [3.63, 3.8) is 0 Å². The first kappa shape index (κ1) is 18.1. The van der Waals surface area contributed by atoms with Gasteiger partial charge in [0, 0.05) is 24.2 Å². The fourth-order valence-corrected chi connectivity index (χ4v) is 3.29. The van der Waals surface area contributed by atoms with Gasteiger partial charge in [0.25, 0.3) is 5.91 Å². The smallest absolute Gasteiger partial charge is 0.251 e. The quantitative estimate of drug-likeness (QED) is 0.548. The Hall–Kier alpha value is -3.25. The van der Waals surface area contributed by atoms with E-state index in [1.807, 2.05) is 30.3 Å². The molecule has 7 heteroatoms. The highest BCUT2D eigenvalue weighted by molar-refractivity contribution is 6.33. The van der Waals surface area contributed by atoms with Gasteiger partial charge in [-0.15, -0.1) is 10.2 Å². The summed E-state index contributed by atoms with van der Waals surface area (Å²) in [4.78, 5) is 12.4. The monoisotopic (exact) mass is 394 g/mol. The summed E-state index contributed by atoms with van der Waals surface area (Å²) < 4.78 is 15.1. The van der Waals surface area contributed by atoms with Gasteiger partial charge in [-0.3, -0.25) is 4.79 Å². The number of carbonyl (C=O) groups is 1. The molecule has 1 amide bonds. The van der Waals surface area contributed by atoms with Crippen LogP contribution in [0.2, 0.25) is 5.02 Å². The third kappa shape index (κ3) is 3.87. The number of aromatic nitrogens is 3. The second-order valence-electron chi connectivity index (χ2n) is 6.36. The lowest BCUT2D eigenvalue weighted by atomic mass is 9.99. The van der Waals surface area contributed by atoms with Crippen molar-refractivity contribution in [2.24, 2.45) is 0 Å². The van der Waals surface area contributed by atoms with Gasteiger partial charge in [-0.2, -0.15) is 0 Å². The lowest BCUT2D eigenvalue weighted by Crippen LogP contribution is -2.26. The molecule has 0 atom stereocenters. The summed E-state index contributed by atoms with van der Waals surface area (Å²) in [6, 6.07) is 15.7. The highest BCUT2D eigenvalue weighted by Crippen LogP contribution is 2.31. The Morgan fingerprint density at radius 3 is 2.54 bits per heavy atom. The van der Waals surface area contributed by atoms with Gasteiger partial charge in [0.15, 0.2) is 0 Å². The number of amides is 1. The Morgan fingerprint density at radius 1 is 1.00 bits per heavy atom. The van der Waals surface area contributed by atoms with Crippen LogP contribution in [-0.2, 0) is 6.54 Å². The number of nitrogens with one attached hydrogen (secondary N) is 1. The van der Waals surface area contributed by atoms with Gasteiger partial charge in [-0.05, 0) is 52.7 Å². The van der Waals surface area contributed by atoms with E-state index in [2.05, 4.69) is 15.5 Å². The predicted molar refractivity (Wildman–Crippen MR) is 107 cm³/mol. The Labute approximate surface area is 165 Å². The molecule has 140 valence electrons. The van der Waals surface area contributed by atoms with Gasteiger partial charge < -0.3 is 9.88 Å². The summed E-state index contributed by atoms with van der Waals surface area (Å²) >= 11 is 6.17. The van der Waals surface area contributed by atoms with Crippen molar-refractivity contribution in [1.82, 2.24) is 20.1 Å². The topological polar surface area (TPSA) is 59.8 Å². The predicted octanol–water partition coefficient (Wildman–Crippen LogP) is 4.32. The molecular weight excluding hydrogens is 379 g/mol. The van der Waals surface area contributed by atoms with E-state index < -0.39 is 0 Å². The SMILES string of the molecule is O=C(NCCn1cnnc1)c1ccc2cc(-c3ccc(F)cc3Cl)ccc2c1. The van der Waals surface area contributed by atoms with Crippen molar-refractivity contribution in [1.29, 1.82) is 0 Å². The van der Waals surface area contributed by atoms with E-state index in [9.17, 15) is 9.18 Å². The molecule has 0 spiro atoms. The summed E-state index contributed by atoms with van der Waals surface area (Å²) in [5.41, 5.74) is 2.24. The second-order valence-corrected chi connectivity index (χ2v) is 6.76. The van der Waals surface area contributed by atoms with Gasteiger partial charge in [-0.1, -0.05) is 29.8 Å². The minimum absolute atomic E-state index is 0.138. The molecule has 0 fully saturated rings. The maximum atomic E-state index is 13.3. The van der Waals surface area contributed by atoms with Crippen molar-refractivity contribution in [3.05, 3.63) is 83.7 Å². The van der Waals surface area contributed by atoms with Crippen molar-refractivity contribution in [3.8, 4) is 11.1 Å². The van der Waals surface area contributed by atoms with Gasteiger partial charge >= 0.3 is 0 Å². The average molecular weight is 395 g/mol. The zero-order chi connectivity index (χ0) is 19.5. The number of hydrogen-bond donors (Lipinski definition) is 1. The fraction of sp³-hybridized carbons (Fsp3) is 0.0952. The first-order valence-corrected chi connectivity index (χ1v) is 9.08. The van der Waals surface area contributed by atoms with E-state index in [4.69, 9.17) is 11.6 Å². The summed E-state index contributed by atoms with van der Waals surface area (Å²) in [7, 11) is 0. The first-order chi connectivity index (χ1) is 13.6. The maximum Gasteiger partial charge on any atom is 0.251 e. The minimum atomic E-state index is -0.366. The number of fused-ring (bicyclic) bond motifs is 1. The zero-order valence-corrected chi connectivity index (χ0v) is 15.5. The fourth-order valence-electron chi connectivity index (χ4n) is 3.02. The number of benzene rings is 3. The van der Waals surface area contributed by atoms with Crippen LogP contribution in [0.5, 0.6) is 0 Å². The highest BCUT2D eigenvalue weighted by atomic mass is 35.5. The van der Waals surface area contributed by atoms with Crippen LogP contribution in [-0.4, -0.2) is 27.2 Å². The molecule has 0 unspecified atom stereocenters. The number of nitrogens with zero attached hydrogens (tertiary/aromatic N) is 3. The van der Waals surface area contributed by atoms with Crippen LogP contribution in [0.3, 0.4) is 0 Å². The summed E-state index contributed by atoms with van der Waals surface area (Å²) in [6.45, 7) is 1.09. The molecule has 0 aliphatic rings. The normalized spacial score (nSPS) is 10.9.